The van der Waals surface area contributed by atoms with E-state index in [4.69, 9.17) is 0 Å². The molecule has 0 radical (unpaired) electrons. The average molecular weight is 623 g/mol. The van der Waals surface area contributed by atoms with Crippen LogP contribution >= 0.6 is 24.8 Å². The molecule has 2 aliphatic rings. The van der Waals surface area contributed by atoms with Crippen LogP contribution in [0.5, 0.6) is 0 Å². The monoisotopic (exact) mass is 620 g/mol. The van der Waals surface area contributed by atoms with Gasteiger partial charge in [0, 0.05) is 0 Å². The Kier molecular flexibility index (Phi) is 9.72. The van der Waals surface area contributed by atoms with Crippen molar-refractivity contribution in [2.24, 2.45) is 0 Å². The number of hydrogen-bond acceptors (Lipinski definition) is 0. The van der Waals surface area contributed by atoms with Crippen molar-refractivity contribution >= 4 is 35.0 Å². The van der Waals surface area contributed by atoms with Crippen molar-refractivity contribution in [3.8, 4) is 11.1 Å². The van der Waals surface area contributed by atoms with Crippen molar-refractivity contribution in [1.29, 1.82) is 0 Å². The summed E-state index contributed by atoms with van der Waals surface area (Å²) in [5.74, 6) is 0. The zero-order chi connectivity index (χ0) is 25.0. The van der Waals surface area contributed by atoms with Crippen molar-refractivity contribution in [2.75, 3.05) is 0 Å². The zero-order valence-corrected chi connectivity index (χ0v) is 29.4. The van der Waals surface area contributed by atoms with Crippen LogP contribution in [0.1, 0.15) is 96.9 Å². The van der Waals surface area contributed by atoms with E-state index >= 15 is 0 Å². The number of rotatable bonds is 6. The predicted molar refractivity (Wildman–Crippen MR) is 167 cm³/mol. The fourth-order valence-electron chi connectivity index (χ4n) is 7.11. The molecule has 0 N–H and O–H groups in total. The van der Waals surface area contributed by atoms with Gasteiger partial charge < -0.3 is 0 Å². The molecule has 4 heteroatoms. The molecule has 2 aromatic rings. The second-order valence-corrected chi connectivity index (χ2v) is 38.2. The van der Waals surface area contributed by atoms with Gasteiger partial charge >= 0.3 is 213 Å². The molecule has 36 heavy (non-hydrogen) atoms. The predicted octanol–water partition coefficient (Wildman–Crippen LogP) is 9.06. The van der Waals surface area contributed by atoms with Gasteiger partial charge in [0.1, 0.15) is 0 Å². The van der Waals surface area contributed by atoms with Crippen LogP contribution in [-0.4, -0.2) is 6.88 Å². The van der Waals surface area contributed by atoms with Gasteiger partial charge in [-0.05, 0) is 0 Å². The summed E-state index contributed by atoms with van der Waals surface area (Å²) < 4.78 is 6.56. The second kappa shape index (κ2) is 11.0. The third-order valence-electron chi connectivity index (χ3n) is 8.73. The number of benzene rings is 2. The summed E-state index contributed by atoms with van der Waals surface area (Å²) in [6.45, 7) is 21.8. The second-order valence-electron chi connectivity index (χ2n) is 13.3. The topological polar surface area (TPSA) is 0 Å². The Labute approximate surface area is 236 Å². The largest absolute Gasteiger partial charge is 0.147 e. The molecule has 0 bridgehead atoms. The Hall–Kier alpha value is -0.400. The van der Waals surface area contributed by atoms with Gasteiger partial charge in [0.2, 0.25) is 0 Å². The number of halogens is 2. The van der Waals surface area contributed by atoms with Gasteiger partial charge in [-0.2, -0.15) is 0 Å². The summed E-state index contributed by atoms with van der Waals surface area (Å²) >= 11 is -3.53. The van der Waals surface area contributed by atoms with E-state index in [1.165, 1.54) is 44.2 Å². The molecule has 198 valence electrons. The van der Waals surface area contributed by atoms with Crippen LogP contribution in [0.2, 0.25) is 8.26 Å². The van der Waals surface area contributed by atoms with Gasteiger partial charge in [-0.15, -0.1) is 24.8 Å². The molecule has 0 spiro atoms. The average Bonchev–Trinajstić information content (AvgIpc) is 3.40. The van der Waals surface area contributed by atoms with Crippen molar-refractivity contribution in [3.05, 3.63) is 74.1 Å². The van der Waals surface area contributed by atoms with E-state index in [-0.39, 0.29) is 35.6 Å². The van der Waals surface area contributed by atoms with Gasteiger partial charge in [-0.3, -0.25) is 0 Å². The molecule has 2 aliphatic carbocycles. The SMILES string of the molecule is CC[CH2][Zr](=[SiH2])([CH2]CC)([C]1=CC=CC1)[c]1c(C(C)(C)C)ccc2c1Cc1cc(C(C)(C)C)ccc1-2.Cl.Cl. The first kappa shape index (κ1) is 31.8. The number of hydrogen-bond donors (Lipinski definition) is 0. The minimum Gasteiger partial charge on any atom is -0.147 e. The van der Waals surface area contributed by atoms with Crippen molar-refractivity contribution in [1.82, 2.24) is 0 Å². The molecule has 0 nitrogen and oxygen atoms in total. The molecule has 0 heterocycles. The molecule has 0 aromatic heterocycles. The minimum atomic E-state index is -3.53. The molecule has 0 saturated heterocycles. The van der Waals surface area contributed by atoms with E-state index in [1.54, 1.807) is 16.7 Å². The summed E-state index contributed by atoms with van der Waals surface area (Å²) in [6.07, 6.45) is 12.2. The van der Waals surface area contributed by atoms with Crippen LogP contribution < -0.4 is 3.27 Å². The first-order valence-corrected chi connectivity index (χ1v) is 25.4. The maximum Gasteiger partial charge on any atom is -0.147 e. The van der Waals surface area contributed by atoms with Gasteiger partial charge in [0.25, 0.3) is 0 Å². The van der Waals surface area contributed by atoms with E-state index in [1.807, 2.05) is 6.55 Å². The molecule has 0 saturated carbocycles. The van der Waals surface area contributed by atoms with Crippen molar-refractivity contribution in [3.63, 3.8) is 0 Å². The van der Waals surface area contributed by atoms with Gasteiger partial charge in [-0.1, -0.05) is 0 Å². The fraction of sp³-hybridized carbons (Fsp3) is 0.500. The molecule has 0 fully saturated rings. The first-order valence-electron chi connectivity index (χ1n) is 13.5. The molecule has 4 rings (SSSR count). The van der Waals surface area contributed by atoms with Crippen LogP contribution in [0, 0.1) is 0 Å². The molecule has 0 amide bonds. The number of fused-ring (bicyclic) bond motifs is 3. The standard InChI is InChI=1S/C21H25.C5H5.2C3H7.2ClH.H2Si.Zr/c1-20(2,3)16-7-9-18-14(12-16)11-15-13-17(21(4,5)6)8-10-19(15)18;1-2-4-5-3-1;2*1-3-2;;;;/h7-10,12H,11H2,1-6H3;1-3H,4H2;2*1,3H2,2H3;2*1H;1H2;. The number of allylic oxidation sites excluding steroid dienone is 4. The van der Waals surface area contributed by atoms with Crippen LogP contribution in [0.25, 0.3) is 11.1 Å². The Bertz CT molecular complexity index is 1240. The third kappa shape index (κ3) is 5.23. The van der Waals surface area contributed by atoms with E-state index in [9.17, 15) is 0 Å². The molecular weight excluding hydrogens is 575 g/mol. The maximum absolute atomic E-state index is 3.53. The minimum absolute atomic E-state index is 0. The van der Waals surface area contributed by atoms with Crippen molar-refractivity contribution < 1.29 is 17.4 Å². The Morgan fingerprint density at radius 3 is 1.94 bits per heavy atom. The Morgan fingerprint density at radius 1 is 0.833 bits per heavy atom. The fourth-order valence-corrected chi connectivity index (χ4v) is 33.7. The normalized spacial score (nSPS) is 15.1. The summed E-state index contributed by atoms with van der Waals surface area (Å²) in [6, 6.07) is 12.3. The molecule has 2 aromatic carbocycles. The van der Waals surface area contributed by atoms with E-state index in [2.05, 4.69) is 111 Å². The van der Waals surface area contributed by atoms with Crippen LogP contribution in [0.3, 0.4) is 0 Å². The van der Waals surface area contributed by atoms with E-state index < -0.39 is 17.4 Å². The summed E-state index contributed by atoms with van der Waals surface area (Å²) in [5, 5.41) is 0. The summed E-state index contributed by atoms with van der Waals surface area (Å²) in [7, 11) is 0. The van der Waals surface area contributed by atoms with Gasteiger partial charge in [-0.25, -0.2) is 0 Å². The molecule has 0 unspecified atom stereocenters. The van der Waals surface area contributed by atoms with E-state index in [0.717, 1.165) is 6.42 Å². The quantitative estimate of drug-likeness (QED) is 0.241. The van der Waals surface area contributed by atoms with E-state index in [0.29, 0.717) is 0 Å². The Morgan fingerprint density at radius 2 is 1.44 bits per heavy atom. The van der Waals surface area contributed by atoms with Crippen molar-refractivity contribution in [2.45, 2.75) is 100 Å². The van der Waals surface area contributed by atoms with Gasteiger partial charge in [0.15, 0.2) is 0 Å². The van der Waals surface area contributed by atoms with Crippen LogP contribution in [0.15, 0.2) is 51.8 Å². The smallest absolute Gasteiger partial charge is 0.147 e. The molecule has 0 aliphatic heterocycles. The van der Waals surface area contributed by atoms with Crippen LogP contribution in [0.4, 0.5) is 0 Å². The molecular formula is C32H48Cl2SiZr. The Balaban J connectivity index is 0.00000228. The molecule has 0 atom stereocenters. The van der Waals surface area contributed by atoms with Gasteiger partial charge in [0.05, 0.1) is 0 Å². The zero-order valence-electron chi connectivity index (χ0n) is 23.9. The first-order chi connectivity index (χ1) is 15.8. The third-order valence-corrected chi connectivity index (χ3v) is 35.8. The van der Waals surface area contributed by atoms with Crippen LogP contribution in [-0.2, 0) is 34.6 Å². The summed E-state index contributed by atoms with van der Waals surface area (Å²) in [5.41, 5.74) is 9.71. The maximum atomic E-state index is 2.55. The summed E-state index contributed by atoms with van der Waals surface area (Å²) in [4.78, 5) is 0.